The van der Waals surface area contributed by atoms with E-state index in [4.69, 9.17) is 0 Å². The Morgan fingerprint density at radius 1 is 1.07 bits per heavy atom. The molecule has 0 saturated carbocycles. The van der Waals surface area contributed by atoms with Crippen LogP contribution in [0.2, 0.25) is 0 Å². The van der Waals surface area contributed by atoms with Gasteiger partial charge in [-0.25, -0.2) is 4.98 Å². The normalized spacial score (nSPS) is 10.1. The van der Waals surface area contributed by atoms with Gasteiger partial charge >= 0.3 is 0 Å². The van der Waals surface area contributed by atoms with Crippen LogP contribution in [-0.2, 0) is 0 Å². The third-order valence-electron chi connectivity index (χ3n) is 2.08. The summed E-state index contributed by atoms with van der Waals surface area (Å²) >= 11 is 3.32. The van der Waals surface area contributed by atoms with Crippen LogP contribution in [0.5, 0.6) is 0 Å². The Balaban J connectivity index is 2.44. The average Bonchev–Trinajstić information content (AvgIpc) is 2.19. The van der Waals surface area contributed by atoms with Crippen LogP contribution in [0.4, 0.5) is 0 Å². The zero-order valence-corrected chi connectivity index (χ0v) is 9.45. The smallest absolute Gasteiger partial charge is 0.106 e. The number of nitrogens with zero attached hydrogens (tertiary/aromatic N) is 1. The fraction of sp³-hybridized carbons (Fsp3) is 0.0833. The second kappa shape index (κ2) is 3.93. The zero-order chi connectivity index (χ0) is 9.97. The predicted octanol–water partition coefficient (Wildman–Crippen LogP) is 3.82. The van der Waals surface area contributed by atoms with E-state index >= 15 is 0 Å². The molecular weight excluding hydrogens is 238 g/mol. The molecule has 0 aliphatic heterocycles. The monoisotopic (exact) mass is 247 g/mol. The minimum absolute atomic E-state index is 0.869. The molecule has 2 aromatic rings. The summed E-state index contributed by atoms with van der Waals surface area (Å²) in [7, 11) is 0. The van der Waals surface area contributed by atoms with Gasteiger partial charge < -0.3 is 0 Å². The van der Waals surface area contributed by atoms with E-state index in [1.165, 1.54) is 11.1 Å². The number of pyridine rings is 1. The minimum Gasteiger partial charge on any atom is -0.249 e. The van der Waals surface area contributed by atoms with Crippen LogP contribution in [0.3, 0.4) is 0 Å². The zero-order valence-electron chi connectivity index (χ0n) is 7.87. The van der Waals surface area contributed by atoms with Gasteiger partial charge in [0.05, 0.1) is 0 Å². The van der Waals surface area contributed by atoms with Gasteiger partial charge in [-0.05, 0) is 34.5 Å². The Morgan fingerprint density at radius 3 is 2.57 bits per heavy atom. The second-order valence-corrected chi connectivity index (χ2v) is 4.05. The number of aromatic nitrogens is 1. The Kier molecular flexibility index (Phi) is 2.64. The highest BCUT2D eigenvalue weighted by atomic mass is 79.9. The molecule has 0 fully saturated rings. The maximum atomic E-state index is 4.20. The molecule has 0 aliphatic carbocycles. The van der Waals surface area contributed by atoms with Crippen LogP contribution in [0, 0.1) is 6.92 Å². The van der Waals surface area contributed by atoms with Crippen LogP contribution in [-0.4, -0.2) is 4.98 Å². The molecule has 1 aromatic heterocycles. The van der Waals surface area contributed by atoms with Crippen LogP contribution < -0.4 is 0 Å². The summed E-state index contributed by atoms with van der Waals surface area (Å²) in [5, 5.41) is 0. The number of halogens is 1. The van der Waals surface area contributed by atoms with Crippen molar-refractivity contribution in [3.8, 4) is 11.1 Å². The van der Waals surface area contributed by atoms with E-state index in [0.29, 0.717) is 0 Å². The van der Waals surface area contributed by atoms with Crippen molar-refractivity contribution in [2.24, 2.45) is 0 Å². The Hall–Kier alpha value is -1.15. The van der Waals surface area contributed by atoms with Gasteiger partial charge in [-0.3, -0.25) is 0 Å². The molecule has 0 saturated heterocycles. The first-order chi connectivity index (χ1) is 6.75. The molecule has 70 valence electrons. The van der Waals surface area contributed by atoms with E-state index in [0.717, 1.165) is 10.2 Å². The first kappa shape index (κ1) is 9.41. The van der Waals surface area contributed by atoms with Crippen LogP contribution in [0.15, 0.2) is 47.2 Å². The average molecular weight is 248 g/mol. The molecule has 0 unspecified atom stereocenters. The molecule has 0 bridgehead atoms. The number of aryl methyl sites for hydroxylation is 1. The molecule has 0 N–H and O–H groups in total. The van der Waals surface area contributed by atoms with Crippen molar-refractivity contribution in [1.82, 2.24) is 4.98 Å². The fourth-order valence-electron chi connectivity index (χ4n) is 1.37. The Bertz CT molecular complexity index is 434. The Morgan fingerprint density at radius 2 is 1.93 bits per heavy atom. The lowest BCUT2D eigenvalue weighted by atomic mass is 10.1. The predicted molar refractivity (Wildman–Crippen MR) is 62.1 cm³/mol. The maximum Gasteiger partial charge on any atom is 0.106 e. The molecule has 0 spiro atoms. The molecular formula is C12H10BrN. The lowest BCUT2D eigenvalue weighted by Gasteiger charge is -2.01. The largest absolute Gasteiger partial charge is 0.249 e. The molecule has 0 atom stereocenters. The van der Waals surface area contributed by atoms with E-state index in [-0.39, 0.29) is 0 Å². The molecule has 1 heterocycles. The van der Waals surface area contributed by atoms with Crippen LogP contribution in [0.1, 0.15) is 5.56 Å². The molecule has 0 amide bonds. The maximum absolute atomic E-state index is 4.20. The van der Waals surface area contributed by atoms with E-state index < -0.39 is 0 Å². The first-order valence-electron chi connectivity index (χ1n) is 4.44. The summed E-state index contributed by atoms with van der Waals surface area (Å²) in [4.78, 5) is 4.20. The summed E-state index contributed by atoms with van der Waals surface area (Å²) in [5.41, 5.74) is 3.63. The lowest BCUT2D eigenvalue weighted by Crippen LogP contribution is -1.81. The standard InChI is InChI=1S/C12H10BrN/c1-9-3-2-4-10(7-9)11-5-6-12(13)14-8-11/h2-8H,1H3. The number of hydrogen-bond acceptors (Lipinski definition) is 1. The van der Waals surface area contributed by atoms with E-state index in [2.05, 4.69) is 58.2 Å². The molecule has 14 heavy (non-hydrogen) atoms. The number of rotatable bonds is 1. The highest BCUT2D eigenvalue weighted by Crippen LogP contribution is 2.20. The SMILES string of the molecule is Cc1cccc(-c2ccc(Br)nc2)c1. The van der Waals surface area contributed by atoms with Gasteiger partial charge in [0.1, 0.15) is 4.60 Å². The van der Waals surface area contributed by atoms with Gasteiger partial charge in [0.15, 0.2) is 0 Å². The van der Waals surface area contributed by atoms with Gasteiger partial charge in [-0.2, -0.15) is 0 Å². The summed E-state index contributed by atoms with van der Waals surface area (Å²) in [5.74, 6) is 0. The lowest BCUT2D eigenvalue weighted by molar-refractivity contribution is 1.28. The molecule has 2 heteroatoms. The van der Waals surface area contributed by atoms with Crippen molar-refractivity contribution in [1.29, 1.82) is 0 Å². The summed E-state index contributed by atoms with van der Waals surface area (Å²) < 4.78 is 0.869. The van der Waals surface area contributed by atoms with Gasteiger partial charge in [-0.15, -0.1) is 0 Å². The quantitative estimate of drug-likeness (QED) is 0.699. The van der Waals surface area contributed by atoms with Crippen LogP contribution >= 0.6 is 15.9 Å². The van der Waals surface area contributed by atoms with Crippen LogP contribution in [0.25, 0.3) is 11.1 Å². The Labute approximate surface area is 91.9 Å². The van der Waals surface area contributed by atoms with Gasteiger partial charge in [-0.1, -0.05) is 35.9 Å². The minimum atomic E-state index is 0.869. The summed E-state index contributed by atoms with van der Waals surface area (Å²) in [6.45, 7) is 2.09. The van der Waals surface area contributed by atoms with Crippen molar-refractivity contribution < 1.29 is 0 Å². The third kappa shape index (κ3) is 2.02. The van der Waals surface area contributed by atoms with Crippen molar-refractivity contribution in [2.45, 2.75) is 6.92 Å². The molecule has 1 nitrogen and oxygen atoms in total. The first-order valence-corrected chi connectivity index (χ1v) is 5.23. The van der Waals surface area contributed by atoms with Gasteiger partial charge in [0.25, 0.3) is 0 Å². The molecule has 2 rings (SSSR count). The van der Waals surface area contributed by atoms with Gasteiger partial charge in [0.2, 0.25) is 0 Å². The van der Waals surface area contributed by atoms with E-state index in [9.17, 15) is 0 Å². The van der Waals surface area contributed by atoms with E-state index in [1.54, 1.807) is 0 Å². The summed E-state index contributed by atoms with van der Waals surface area (Å²) in [6.07, 6.45) is 1.87. The van der Waals surface area contributed by atoms with Crippen molar-refractivity contribution in [3.63, 3.8) is 0 Å². The second-order valence-electron chi connectivity index (χ2n) is 3.24. The topological polar surface area (TPSA) is 12.9 Å². The van der Waals surface area contributed by atoms with Crippen molar-refractivity contribution in [3.05, 3.63) is 52.8 Å². The van der Waals surface area contributed by atoms with Gasteiger partial charge in [0, 0.05) is 11.8 Å². The third-order valence-corrected chi connectivity index (χ3v) is 2.55. The molecule has 0 aliphatic rings. The summed E-state index contributed by atoms with van der Waals surface area (Å²) in [6, 6.07) is 12.4. The van der Waals surface area contributed by atoms with Crippen molar-refractivity contribution >= 4 is 15.9 Å². The highest BCUT2D eigenvalue weighted by molar-refractivity contribution is 9.10. The highest BCUT2D eigenvalue weighted by Gasteiger charge is 1.97. The number of hydrogen-bond donors (Lipinski definition) is 0. The molecule has 1 aromatic carbocycles. The fourth-order valence-corrected chi connectivity index (χ4v) is 1.61. The number of benzene rings is 1. The van der Waals surface area contributed by atoms with E-state index in [1.807, 2.05) is 12.3 Å². The molecule has 0 radical (unpaired) electrons. The van der Waals surface area contributed by atoms with Crippen molar-refractivity contribution in [2.75, 3.05) is 0 Å².